The Morgan fingerprint density at radius 2 is 2.00 bits per heavy atom. The minimum atomic E-state index is 1.39. The fourth-order valence-corrected chi connectivity index (χ4v) is 2.90. The molecule has 2 rings (SSSR count). The Balaban J connectivity index is 2.93. The van der Waals surface area contributed by atoms with Crippen LogP contribution in [-0.4, -0.2) is 22.3 Å². The normalized spacial score (nSPS) is 10.4. The van der Waals surface area contributed by atoms with Crippen LogP contribution in [0.15, 0.2) is 29.6 Å². The number of hydrogen-bond acceptors (Lipinski definition) is 1. The molecule has 0 saturated heterocycles. The topological polar surface area (TPSA) is 0 Å². The first-order valence-corrected chi connectivity index (χ1v) is 5.05. The summed E-state index contributed by atoms with van der Waals surface area (Å²) in [7, 11) is 0. The zero-order valence-corrected chi connectivity index (χ0v) is 8.35. The molecule has 0 spiro atoms. The van der Waals surface area contributed by atoms with Crippen LogP contribution in [0.3, 0.4) is 0 Å². The van der Waals surface area contributed by atoms with Crippen LogP contribution in [0.2, 0.25) is 0 Å². The predicted octanol–water partition coefficient (Wildman–Crippen LogP) is 1.70. The number of fused-ring (bicyclic) bond motifs is 1. The Morgan fingerprint density at radius 3 is 2.80 bits per heavy atom. The van der Waals surface area contributed by atoms with Gasteiger partial charge in [0.1, 0.15) is 0 Å². The molecule has 49 valence electrons. The van der Waals surface area contributed by atoms with E-state index in [1.165, 1.54) is 13.7 Å². The molecule has 2 heteroatoms. The molecule has 0 bridgehead atoms. The summed E-state index contributed by atoms with van der Waals surface area (Å²) in [5, 5.41) is 3.60. The molecule has 0 aliphatic carbocycles. The Hall–Kier alpha value is -0.0304. The first-order valence-electron chi connectivity index (χ1n) is 3.01. The van der Waals surface area contributed by atoms with Crippen LogP contribution in [0.4, 0.5) is 0 Å². The average molecular weight is 261 g/mol. The van der Waals surface area contributed by atoms with E-state index in [2.05, 4.69) is 51.9 Å². The van der Waals surface area contributed by atoms with E-state index in [0.717, 1.165) is 0 Å². The van der Waals surface area contributed by atoms with Crippen molar-refractivity contribution >= 4 is 47.3 Å². The van der Waals surface area contributed by atoms with Crippen molar-refractivity contribution < 1.29 is 0 Å². The predicted molar refractivity (Wildman–Crippen MR) is 47.2 cm³/mol. The first kappa shape index (κ1) is 6.67. The second-order valence-corrected chi connectivity index (χ2v) is 4.26. The van der Waals surface area contributed by atoms with Crippen molar-refractivity contribution in [2.75, 3.05) is 0 Å². The summed E-state index contributed by atoms with van der Waals surface area (Å²) in [4.78, 5) is 0. The van der Waals surface area contributed by atoms with E-state index >= 15 is 0 Å². The van der Waals surface area contributed by atoms with Gasteiger partial charge in [-0.1, -0.05) is 0 Å². The third-order valence-corrected chi connectivity index (χ3v) is 3.84. The van der Waals surface area contributed by atoms with E-state index in [-0.39, 0.29) is 0 Å². The van der Waals surface area contributed by atoms with Crippen LogP contribution in [0.25, 0.3) is 10.1 Å². The standard InChI is InChI=1S/C8H5STe/c10-8-5-9-7-4-2-1-3-6(7)8/h1-5H. The molecule has 0 atom stereocenters. The Kier molecular flexibility index (Phi) is 1.69. The quantitative estimate of drug-likeness (QED) is 0.633. The molecule has 10 heavy (non-hydrogen) atoms. The van der Waals surface area contributed by atoms with E-state index in [4.69, 9.17) is 0 Å². The summed E-state index contributed by atoms with van der Waals surface area (Å²) in [6.07, 6.45) is 0. The molecular weight excluding hydrogens is 256 g/mol. The molecule has 0 N–H and O–H groups in total. The summed E-state index contributed by atoms with van der Waals surface area (Å²) in [6, 6.07) is 8.50. The summed E-state index contributed by atoms with van der Waals surface area (Å²) >= 11 is 3.90. The van der Waals surface area contributed by atoms with E-state index in [1.54, 1.807) is 0 Å². The van der Waals surface area contributed by atoms with Crippen molar-refractivity contribution in [1.82, 2.24) is 0 Å². The molecular formula is C8H5STe. The number of benzene rings is 1. The van der Waals surface area contributed by atoms with Crippen molar-refractivity contribution in [2.45, 2.75) is 0 Å². The zero-order chi connectivity index (χ0) is 6.97. The summed E-state index contributed by atoms with van der Waals surface area (Å²) in [5.74, 6) is 0. The molecule has 2 aromatic rings. The van der Waals surface area contributed by atoms with Gasteiger partial charge in [0.25, 0.3) is 0 Å². The summed E-state index contributed by atoms with van der Waals surface area (Å²) < 4.78 is 2.79. The van der Waals surface area contributed by atoms with E-state index in [9.17, 15) is 0 Å². The molecule has 0 amide bonds. The summed E-state index contributed by atoms with van der Waals surface area (Å²) in [5.41, 5.74) is 0. The molecule has 0 aliphatic rings. The monoisotopic (exact) mass is 263 g/mol. The third kappa shape index (κ3) is 0.971. The van der Waals surface area contributed by atoms with Crippen LogP contribution in [0.1, 0.15) is 0 Å². The van der Waals surface area contributed by atoms with Crippen molar-refractivity contribution in [3.63, 3.8) is 0 Å². The van der Waals surface area contributed by atoms with Gasteiger partial charge in [0.15, 0.2) is 0 Å². The van der Waals surface area contributed by atoms with Crippen LogP contribution in [-0.2, 0) is 0 Å². The first-order chi connectivity index (χ1) is 4.88. The molecule has 1 heterocycles. The number of thiophene rings is 1. The van der Waals surface area contributed by atoms with Gasteiger partial charge < -0.3 is 0 Å². The molecule has 0 aliphatic heterocycles. The van der Waals surface area contributed by atoms with E-state index < -0.39 is 0 Å². The van der Waals surface area contributed by atoms with E-state index in [0.29, 0.717) is 0 Å². The fraction of sp³-hybridized carbons (Fsp3) is 0. The van der Waals surface area contributed by atoms with Gasteiger partial charge in [-0.15, -0.1) is 0 Å². The molecule has 0 saturated carbocycles. The zero-order valence-electron chi connectivity index (χ0n) is 5.20. The van der Waals surface area contributed by atoms with Gasteiger partial charge in [0.2, 0.25) is 0 Å². The van der Waals surface area contributed by atoms with Gasteiger partial charge in [0, 0.05) is 0 Å². The van der Waals surface area contributed by atoms with Gasteiger partial charge in [0.05, 0.1) is 0 Å². The van der Waals surface area contributed by atoms with Crippen LogP contribution in [0.5, 0.6) is 0 Å². The Labute approximate surface area is 76.8 Å². The van der Waals surface area contributed by atoms with Crippen molar-refractivity contribution in [1.29, 1.82) is 0 Å². The van der Waals surface area contributed by atoms with Crippen LogP contribution >= 0.6 is 11.3 Å². The fourth-order valence-electron chi connectivity index (χ4n) is 0.953. The minimum absolute atomic E-state index is 1.39. The second-order valence-electron chi connectivity index (χ2n) is 2.10. The van der Waals surface area contributed by atoms with Crippen molar-refractivity contribution in [3.05, 3.63) is 29.6 Å². The third-order valence-electron chi connectivity index (χ3n) is 1.45. The number of hydrogen-bond donors (Lipinski definition) is 0. The SMILES string of the molecule is [Te]c1csc2ccccc12. The molecule has 1 aromatic heterocycles. The molecule has 0 fully saturated rings. The molecule has 0 nitrogen and oxygen atoms in total. The Bertz CT molecular complexity index is 351. The van der Waals surface area contributed by atoms with Crippen LogP contribution < -0.4 is 3.61 Å². The maximum absolute atomic E-state index is 2.20. The van der Waals surface area contributed by atoms with Crippen molar-refractivity contribution in [3.8, 4) is 0 Å². The average Bonchev–Trinajstić information content (AvgIpc) is 2.34. The van der Waals surface area contributed by atoms with Crippen LogP contribution in [0, 0.1) is 0 Å². The summed E-state index contributed by atoms with van der Waals surface area (Å²) in [6.45, 7) is 0. The van der Waals surface area contributed by atoms with Gasteiger partial charge in [-0.2, -0.15) is 0 Å². The Morgan fingerprint density at radius 1 is 1.20 bits per heavy atom. The molecule has 1 radical (unpaired) electrons. The van der Waals surface area contributed by atoms with Gasteiger partial charge in [-0.05, 0) is 0 Å². The molecule has 0 unspecified atom stereocenters. The second kappa shape index (κ2) is 2.54. The maximum atomic E-state index is 2.20. The molecule has 1 aromatic carbocycles. The van der Waals surface area contributed by atoms with Crippen molar-refractivity contribution in [2.24, 2.45) is 0 Å². The van der Waals surface area contributed by atoms with Gasteiger partial charge in [-0.25, -0.2) is 0 Å². The van der Waals surface area contributed by atoms with Gasteiger partial charge >= 0.3 is 77.0 Å². The van der Waals surface area contributed by atoms with E-state index in [1.807, 2.05) is 11.3 Å². The number of rotatable bonds is 0. The van der Waals surface area contributed by atoms with Gasteiger partial charge in [-0.3, -0.25) is 0 Å².